The Morgan fingerprint density at radius 3 is 2.08 bits per heavy atom. The molecule has 39 heavy (non-hydrogen) atoms. The zero-order chi connectivity index (χ0) is 27.6. The number of hydrogen-bond donors (Lipinski definition) is 3. The second kappa shape index (κ2) is 13.1. The smallest absolute Gasteiger partial charge is 0.253 e. The minimum Gasteiger partial charge on any atom is -0.376 e. The first-order chi connectivity index (χ1) is 18.9. The Balaban J connectivity index is 1.30. The number of nitrogens with one attached hydrogen (secondary N) is 3. The summed E-state index contributed by atoms with van der Waals surface area (Å²) >= 11 is 0. The molecule has 0 saturated carbocycles. The van der Waals surface area contributed by atoms with Crippen LogP contribution in [-0.4, -0.2) is 36.2 Å². The highest BCUT2D eigenvalue weighted by Gasteiger charge is 2.14. The number of hydrogen-bond acceptors (Lipinski definition) is 4. The molecule has 0 aliphatic rings. The molecule has 0 aliphatic carbocycles. The Morgan fingerprint density at radius 2 is 1.36 bits per heavy atom. The van der Waals surface area contributed by atoms with Gasteiger partial charge >= 0.3 is 0 Å². The van der Waals surface area contributed by atoms with Crippen molar-refractivity contribution in [3.8, 4) is 0 Å². The van der Waals surface area contributed by atoms with Crippen LogP contribution in [0.1, 0.15) is 44.8 Å². The minimum atomic E-state index is -0.273. The summed E-state index contributed by atoms with van der Waals surface area (Å²) in [6, 6.07) is 33.3. The van der Waals surface area contributed by atoms with Crippen molar-refractivity contribution in [1.29, 1.82) is 0 Å². The number of amides is 3. The molecule has 0 aromatic heterocycles. The first-order valence-corrected chi connectivity index (χ1v) is 12.8. The average Bonchev–Trinajstić information content (AvgIpc) is 2.97. The predicted octanol–water partition coefficient (Wildman–Crippen LogP) is 5.50. The molecule has 0 bridgehead atoms. The topological polar surface area (TPSA) is 90.5 Å². The summed E-state index contributed by atoms with van der Waals surface area (Å²) in [5, 5.41) is 8.88. The monoisotopic (exact) mass is 520 g/mol. The number of anilines is 2. The third-order valence-corrected chi connectivity index (χ3v) is 6.23. The fourth-order valence-electron chi connectivity index (χ4n) is 4.14. The van der Waals surface area contributed by atoms with E-state index in [1.54, 1.807) is 60.5 Å². The van der Waals surface area contributed by atoms with E-state index in [1.165, 1.54) is 0 Å². The number of nitrogens with zero attached hydrogens (tertiary/aromatic N) is 1. The van der Waals surface area contributed by atoms with Crippen molar-refractivity contribution in [2.75, 3.05) is 24.2 Å². The van der Waals surface area contributed by atoms with Gasteiger partial charge in [-0.3, -0.25) is 14.4 Å². The van der Waals surface area contributed by atoms with E-state index in [0.29, 0.717) is 29.0 Å². The van der Waals surface area contributed by atoms with Gasteiger partial charge in [-0.05, 0) is 54.4 Å². The lowest BCUT2D eigenvalue weighted by atomic mass is 10.1. The van der Waals surface area contributed by atoms with Crippen molar-refractivity contribution in [1.82, 2.24) is 10.2 Å². The zero-order valence-electron chi connectivity index (χ0n) is 22.1. The van der Waals surface area contributed by atoms with Crippen molar-refractivity contribution in [2.24, 2.45) is 0 Å². The summed E-state index contributed by atoms with van der Waals surface area (Å²) < 4.78 is 0. The van der Waals surface area contributed by atoms with Crippen LogP contribution < -0.4 is 16.0 Å². The molecule has 0 radical (unpaired) electrons. The lowest BCUT2D eigenvalue weighted by Crippen LogP contribution is -2.27. The number of rotatable bonds is 10. The first kappa shape index (κ1) is 27.1. The van der Waals surface area contributed by atoms with E-state index in [0.717, 1.165) is 11.1 Å². The molecule has 4 rings (SSSR count). The largest absolute Gasteiger partial charge is 0.376 e. The predicted molar refractivity (Wildman–Crippen MR) is 155 cm³/mol. The third-order valence-electron chi connectivity index (χ3n) is 6.23. The van der Waals surface area contributed by atoms with Gasteiger partial charge in [-0.15, -0.1) is 0 Å². The summed E-state index contributed by atoms with van der Waals surface area (Å²) in [5.74, 6) is -0.604. The highest BCUT2D eigenvalue weighted by Crippen LogP contribution is 2.16. The molecule has 0 saturated heterocycles. The van der Waals surface area contributed by atoms with E-state index in [4.69, 9.17) is 0 Å². The fraction of sp³-hybridized carbons (Fsp3) is 0.156. The molecule has 1 atom stereocenters. The van der Waals surface area contributed by atoms with Crippen LogP contribution in [0.2, 0.25) is 0 Å². The summed E-state index contributed by atoms with van der Waals surface area (Å²) in [4.78, 5) is 39.9. The van der Waals surface area contributed by atoms with Crippen LogP contribution in [0, 0.1) is 0 Å². The normalized spacial score (nSPS) is 11.2. The fourth-order valence-corrected chi connectivity index (χ4v) is 4.14. The molecular formula is C32H32N4O3. The second-order valence-electron chi connectivity index (χ2n) is 9.32. The first-order valence-electron chi connectivity index (χ1n) is 12.8. The van der Waals surface area contributed by atoms with Crippen LogP contribution in [0.3, 0.4) is 0 Å². The molecule has 0 spiro atoms. The van der Waals surface area contributed by atoms with Crippen LogP contribution in [0.15, 0.2) is 109 Å². The molecule has 4 aromatic carbocycles. The number of carbonyl (C=O) groups excluding carboxylic acids is 3. The van der Waals surface area contributed by atoms with Gasteiger partial charge in [0.2, 0.25) is 5.91 Å². The lowest BCUT2D eigenvalue weighted by Gasteiger charge is -2.18. The van der Waals surface area contributed by atoms with E-state index in [1.807, 2.05) is 67.6 Å². The molecule has 3 N–H and O–H groups in total. The van der Waals surface area contributed by atoms with Gasteiger partial charge < -0.3 is 20.9 Å². The van der Waals surface area contributed by atoms with Gasteiger partial charge in [0.15, 0.2) is 0 Å². The molecule has 0 fully saturated rings. The lowest BCUT2D eigenvalue weighted by molar-refractivity contribution is -0.114. The van der Waals surface area contributed by atoms with Crippen LogP contribution in [0.25, 0.3) is 0 Å². The number of carbonyl (C=O) groups is 3. The molecule has 1 unspecified atom stereocenters. The summed E-state index contributed by atoms with van der Waals surface area (Å²) in [7, 11) is 1.75. The standard InChI is InChI=1S/C32H32N4O3/c1-23(25-13-7-4-8-14-25)34-31(38)26-15-9-17-28(19-26)33-21-30(37)35-29-18-10-16-27(20-29)32(39)36(2)22-24-11-5-3-6-12-24/h3-20,23,33H,21-22H2,1-2H3,(H,34,38)(H,35,37). The molecular weight excluding hydrogens is 488 g/mol. The molecule has 198 valence electrons. The van der Waals surface area contributed by atoms with Crippen LogP contribution in [0.4, 0.5) is 11.4 Å². The summed E-state index contributed by atoms with van der Waals surface area (Å²) in [6.07, 6.45) is 0. The van der Waals surface area contributed by atoms with E-state index in [2.05, 4.69) is 16.0 Å². The van der Waals surface area contributed by atoms with Gasteiger partial charge in [-0.2, -0.15) is 0 Å². The third kappa shape index (κ3) is 7.79. The Hall–Kier alpha value is -4.91. The zero-order valence-corrected chi connectivity index (χ0v) is 22.1. The van der Waals surface area contributed by atoms with Gasteiger partial charge in [0, 0.05) is 36.1 Å². The molecule has 3 amide bonds. The highest BCUT2D eigenvalue weighted by atomic mass is 16.2. The Labute approximate surface area is 228 Å². The van der Waals surface area contributed by atoms with Crippen molar-refractivity contribution >= 4 is 29.1 Å². The van der Waals surface area contributed by atoms with Crippen molar-refractivity contribution in [2.45, 2.75) is 19.5 Å². The molecule has 4 aromatic rings. The quantitative estimate of drug-likeness (QED) is 0.258. The van der Waals surface area contributed by atoms with Crippen molar-refractivity contribution in [3.05, 3.63) is 131 Å². The molecule has 0 aliphatic heterocycles. The SMILES string of the molecule is CC(NC(=O)c1cccc(NCC(=O)Nc2cccc(C(=O)N(C)Cc3ccccc3)c2)c1)c1ccccc1. The molecule has 0 heterocycles. The van der Waals surface area contributed by atoms with Crippen LogP contribution in [-0.2, 0) is 11.3 Å². The average molecular weight is 521 g/mol. The Bertz CT molecular complexity index is 1420. The van der Waals surface area contributed by atoms with Crippen molar-refractivity contribution < 1.29 is 14.4 Å². The maximum atomic E-state index is 12.9. The van der Waals surface area contributed by atoms with Gasteiger partial charge in [0.25, 0.3) is 11.8 Å². The van der Waals surface area contributed by atoms with E-state index >= 15 is 0 Å². The highest BCUT2D eigenvalue weighted by molar-refractivity contribution is 5.98. The van der Waals surface area contributed by atoms with Gasteiger partial charge in [0.1, 0.15) is 0 Å². The maximum Gasteiger partial charge on any atom is 0.253 e. The molecule has 7 heteroatoms. The van der Waals surface area contributed by atoms with Crippen molar-refractivity contribution in [3.63, 3.8) is 0 Å². The number of benzene rings is 4. The van der Waals surface area contributed by atoms with E-state index in [9.17, 15) is 14.4 Å². The molecule has 7 nitrogen and oxygen atoms in total. The van der Waals surface area contributed by atoms with Crippen LogP contribution >= 0.6 is 0 Å². The van der Waals surface area contributed by atoms with Crippen LogP contribution in [0.5, 0.6) is 0 Å². The Morgan fingerprint density at radius 1 is 0.744 bits per heavy atom. The Kier molecular flexibility index (Phi) is 9.08. The van der Waals surface area contributed by atoms with E-state index < -0.39 is 0 Å². The van der Waals surface area contributed by atoms with Gasteiger partial charge in [-0.1, -0.05) is 72.8 Å². The van der Waals surface area contributed by atoms with E-state index in [-0.39, 0.29) is 30.3 Å². The van der Waals surface area contributed by atoms with Gasteiger partial charge in [-0.25, -0.2) is 0 Å². The summed E-state index contributed by atoms with van der Waals surface area (Å²) in [5.41, 5.74) is 4.22. The second-order valence-corrected chi connectivity index (χ2v) is 9.32. The van der Waals surface area contributed by atoms with Gasteiger partial charge in [0.05, 0.1) is 12.6 Å². The minimum absolute atomic E-state index is 0.00241. The summed E-state index contributed by atoms with van der Waals surface area (Å²) in [6.45, 7) is 2.42. The maximum absolute atomic E-state index is 12.9.